The molecule has 0 radical (unpaired) electrons. The summed E-state index contributed by atoms with van der Waals surface area (Å²) in [5.74, 6) is 1.19. The SMILES string of the molecule is CC1CCC(SCCNSI)CO1. The van der Waals surface area contributed by atoms with E-state index in [1.165, 1.54) is 18.6 Å². The Bertz CT molecular complexity index is 131. The van der Waals surface area contributed by atoms with Crippen LogP contribution in [0.15, 0.2) is 0 Å². The van der Waals surface area contributed by atoms with Crippen LogP contribution in [0.25, 0.3) is 0 Å². The zero-order chi connectivity index (χ0) is 9.52. The van der Waals surface area contributed by atoms with Crippen LogP contribution in [0.2, 0.25) is 0 Å². The fourth-order valence-electron chi connectivity index (χ4n) is 1.30. The third-order valence-corrected chi connectivity index (χ3v) is 4.60. The monoisotopic (exact) mass is 333 g/mol. The minimum Gasteiger partial charge on any atom is -0.377 e. The maximum Gasteiger partial charge on any atom is 0.0588 e. The molecule has 5 heteroatoms. The van der Waals surface area contributed by atoms with Crippen LogP contribution in [-0.4, -0.2) is 30.3 Å². The zero-order valence-electron chi connectivity index (χ0n) is 7.79. The van der Waals surface area contributed by atoms with Gasteiger partial charge in [-0.1, -0.05) is 0 Å². The third kappa shape index (κ3) is 5.71. The molecule has 0 amide bonds. The summed E-state index contributed by atoms with van der Waals surface area (Å²) < 4.78 is 8.84. The van der Waals surface area contributed by atoms with E-state index in [4.69, 9.17) is 4.74 Å². The quantitative estimate of drug-likeness (QED) is 0.474. The van der Waals surface area contributed by atoms with Crippen molar-refractivity contribution in [2.75, 3.05) is 18.9 Å². The Morgan fingerprint density at radius 2 is 2.38 bits per heavy atom. The number of ether oxygens (including phenoxy) is 1. The van der Waals surface area contributed by atoms with Gasteiger partial charge in [0.25, 0.3) is 0 Å². The topological polar surface area (TPSA) is 21.3 Å². The van der Waals surface area contributed by atoms with Gasteiger partial charge in [-0.3, -0.25) is 4.72 Å². The van der Waals surface area contributed by atoms with E-state index in [0.29, 0.717) is 6.10 Å². The highest BCUT2D eigenvalue weighted by molar-refractivity contribution is 14.2. The van der Waals surface area contributed by atoms with Crippen molar-refractivity contribution in [1.82, 2.24) is 4.72 Å². The summed E-state index contributed by atoms with van der Waals surface area (Å²) in [7, 11) is 1.66. The van der Waals surface area contributed by atoms with Crippen LogP contribution in [0.4, 0.5) is 0 Å². The molecule has 0 aromatic heterocycles. The van der Waals surface area contributed by atoms with Gasteiger partial charge >= 0.3 is 0 Å². The van der Waals surface area contributed by atoms with E-state index < -0.39 is 0 Å². The molecule has 1 aliphatic heterocycles. The molecule has 0 saturated carbocycles. The fraction of sp³-hybridized carbons (Fsp3) is 1.00. The van der Waals surface area contributed by atoms with E-state index in [-0.39, 0.29) is 0 Å². The number of rotatable bonds is 5. The Hall–Kier alpha value is 1.35. The van der Waals surface area contributed by atoms with E-state index in [9.17, 15) is 0 Å². The van der Waals surface area contributed by atoms with Gasteiger partial charge in [0.2, 0.25) is 0 Å². The molecule has 1 N–H and O–H groups in total. The highest BCUT2D eigenvalue weighted by Gasteiger charge is 2.18. The van der Waals surface area contributed by atoms with Crippen LogP contribution < -0.4 is 4.72 Å². The van der Waals surface area contributed by atoms with E-state index in [2.05, 4.69) is 32.9 Å². The van der Waals surface area contributed by atoms with Crippen LogP contribution in [0.1, 0.15) is 19.8 Å². The maximum absolute atomic E-state index is 5.60. The Labute approximate surface area is 101 Å². The van der Waals surface area contributed by atoms with Gasteiger partial charge in [0, 0.05) is 38.8 Å². The Kier molecular flexibility index (Phi) is 7.28. The van der Waals surface area contributed by atoms with Crippen molar-refractivity contribution in [2.24, 2.45) is 0 Å². The van der Waals surface area contributed by atoms with Gasteiger partial charge < -0.3 is 4.74 Å². The van der Waals surface area contributed by atoms with E-state index in [1.54, 1.807) is 9.12 Å². The molecular weight excluding hydrogens is 317 g/mol. The fourth-order valence-corrected chi connectivity index (χ4v) is 3.30. The molecule has 0 spiro atoms. The second-order valence-corrected chi connectivity index (χ2v) is 6.36. The van der Waals surface area contributed by atoms with Crippen LogP contribution >= 0.6 is 42.1 Å². The first-order chi connectivity index (χ1) is 6.33. The summed E-state index contributed by atoms with van der Waals surface area (Å²) in [6.45, 7) is 4.20. The normalized spacial score (nSPS) is 29.1. The summed E-state index contributed by atoms with van der Waals surface area (Å²) >= 11 is 4.29. The zero-order valence-corrected chi connectivity index (χ0v) is 11.6. The molecule has 1 aliphatic rings. The lowest BCUT2D eigenvalue weighted by Gasteiger charge is -2.26. The first kappa shape index (κ1) is 12.4. The van der Waals surface area contributed by atoms with Crippen LogP contribution in [0, 0.1) is 0 Å². The first-order valence-corrected chi connectivity index (χ1v) is 8.97. The number of hydrogen-bond donors (Lipinski definition) is 1. The molecule has 0 aromatic carbocycles. The summed E-state index contributed by atoms with van der Waals surface area (Å²) in [5.41, 5.74) is 0. The Balaban J connectivity index is 1.96. The number of hydrogen-bond acceptors (Lipinski definition) is 4. The van der Waals surface area contributed by atoms with Gasteiger partial charge in [-0.2, -0.15) is 11.8 Å². The Morgan fingerprint density at radius 1 is 1.54 bits per heavy atom. The first-order valence-electron chi connectivity index (χ1n) is 4.56. The lowest BCUT2D eigenvalue weighted by Crippen LogP contribution is -2.26. The summed E-state index contributed by atoms with van der Waals surface area (Å²) in [4.78, 5) is 0. The standard InChI is InChI=1S/C8H16INOS2/c1-7-2-3-8(6-11-7)12-5-4-10-13-9/h7-8,10H,2-6H2,1H3. The minimum atomic E-state index is 0.486. The predicted molar refractivity (Wildman–Crippen MR) is 70.5 cm³/mol. The molecule has 0 aromatic rings. The molecule has 1 saturated heterocycles. The van der Waals surface area contributed by atoms with Crippen molar-refractivity contribution in [1.29, 1.82) is 0 Å². The van der Waals surface area contributed by atoms with Crippen molar-refractivity contribution in [3.63, 3.8) is 0 Å². The van der Waals surface area contributed by atoms with Crippen molar-refractivity contribution in [2.45, 2.75) is 31.1 Å². The molecule has 0 bridgehead atoms. The summed E-state index contributed by atoms with van der Waals surface area (Å²) in [5, 5.41) is 0.734. The van der Waals surface area contributed by atoms with Crippen LogP contribution in [0.3, 0.4) is 0 Å². The molecule has 13 heavy (non-hydrogen) atoms. The van der Waals surface area contributed by atoms with Gasteiger partial charge in [-0.05, 0) is 28.9 Å². The van der Waals surface area contributed by atoms with Crippen molar-refractivity contribution >= 4 is 42.1 Å². The average Bonchev–Trinajstić information content (AvgIpc) is 2.15. The molecule has 2 atom stereocenters. The van der Waals surface area contributed by atoms with Gasteiger partial charge in [0.05, 0.1) is 12.7 Å². The molecule has 1 rings (SSSR count). The average molecular weight is 333 g/mol. The molecule has 2 nitrogen and oxygen atoms in total. The summed E-state index contributed by atoms with van der Waals surface area (Å²) in [6.07, 6.45) is 3.04. The number of halogens is 1. The van der Waals surface area contributed by atoms with Gasteiger partial charge in [-0.15, -0.1) is 0 Å². The van der Waals surface area contributed by atoms with Gasteiger partial charge in [0.1, 0.15) is 0 Å². The second-order valence-electron chi connectivity index (χ2n) is 3.19. The molecule has 1 heterocycles. The highest BCUT2D eigenvalue weighted by atomic mass is 127. The van der Waals surface area contributed by atoms with Gasteiger partial charge in [0.15, 0.2) is 0 Å². The molecule has 2 unspecified atom stereocenters. The highest BCUT2D eigenvalue weighted by Crippen LogP contribution is 2.23. The van der Waals surface area contributed by atoms with Crippen molar-refractivity contribution in [3.05, 3.63) is 0 Å². The lowest BCUT2D eigenvalue weighted by atomic mass is 10.1. The Morgan fingerprint density at radius 3 is 3.00 bits per heavy atom. The minimum absolute atomic E-state index is 0.486. The second kappa shape index (κ2) is 7.62. The molecule has 1 fully saturated rings. The molecular formula is C8H16INOS2. The largest absolute Gasteiger partial charge is 0.377 e. The van der Waals surface area contributed by atoms with Crippen LogP contribution in [-0.2, 0) is 4.74 Å². The number of nitrogens with one attached hydrogen (secondary N) is 1. The van der Waals surface area contributed by atoms with E-state index in [0.717, 1.165) is 18.4 Å². The smallest absolute Gasteiger partial charge is 0.0588 e. The third-order valence-electron chi connectivity index (χ3n) is 2.07. The van der Waals surface area contributed by atoms with Crippen LogP contribution in [0.5, 0.6) is 0 Å². The molecule has 0 aliphatic carbocycles. The number of thioether (sulfide) groups is 1. The summed E-state index contributed by atoms with van der Waals surface area (Å²) in [6, 6.07) is 0. The van der Waals surface area contributed by atoms with E-state index >= 15 is 0 Å². The molecule has 78 valence electrons. The predicted octanol–water partition coefficient (Wildman–Crippen LogP) is 2.87. The van der Waals surface area contributed by atoms with Gasteiger partial charge in [-0.25, -0.2) is 0 Å². The van der Waals surface area contributed by atoms with Crippen molar-refractivity contribution in [3.8, 4) is 0 Å². The maximum atomic E-state index is 5.60. The van der Waals surface area contributed by atoms with Crippen molar-refractivity contribution < 1.29 is 4.74 Å². The lowest BCUT2D eigenvalue weighted by molar-refractivity contribution is 0.0323. The van der Waals surface area contributed by atoms with E-state index in [1.807, 2.05) is 11.8 Å².